The van der Waals surface area contributed by atoms with E-state index in [2.05, 4.69) is 33.1 Å². The second-order valence-electron chi connectivity index (χ2n) is 17.1. The van der Waals surface area contributed by atoms with E-state index in [1.165, 1.54) is 6.42 Å². The standard InChI is InChI=1S/C38H54N2O8/c1-21-12-14-28-23(3)31(41-33-37(28)26(21)16-18-35(5,43-33)45-47-37)20-30(40-39-25-10-8-7-9-11-25)32-24(4)29-15-13-22(2)27-17-19-36(6)44-34(42-32)38(27,29)48-46-36/h7-11,21-24,26-29,31-34,39H,12-20H2,1-6H3/b40-30-/t21-,22-,23-,24-,26+,27+,28+,29+,31-,32+,33-,34-,35+,36+,37?,38?/m1/s1. The molecule has 2 saturated carbocycles. The smallest absolute Gasteiger partial charge is 0.201 e. The molecule has 1 aromatic rings. The molecule has 10 fully saturated rings. The van der Waals surface area contributed by atoms with Crippen molar-refractivity contribution in [3.63, 3.8) is 0 Å². The molecule has 2 aliphatic carbocycles. The van der Waals surface area contributed by atoms with E-state index in [1.54, 1.807) is 0 Å². The Morgan fingerprint density at radius 2 is 1.25 bits per heavy atom. The first-order valence-corrected chi connectivity index (χ1v) is 18.8. The predicted molar refractivity (Wildman–Crippen MR) is 176 cm³/mol. The second kappa shape index (κ2) is 11.4. The van der Waals surface area contributed by atoms with Crippen molar-refractivity contribution >= 4 is 11.4 Å². The van der Waals surface area contributed by atoms with Crippen molar-refractivity contribution in [1.29, 1.82) is 0 Å². The number of hydrogen-bond donors (Lipinski definition) is 1. The molecule has 10 heteroatoms. The van der Waals surface area contributed by atoms with Gasteiger partial charge in [0.15, 0.2) is 23.8 Å². The fourth-order valence-electron chi connectivity index (χ4n) is 11.6. The first-order valence-electron chi connectivity index (χ1n) is 18.8. The zero-order chi connectivity index (χ0) is 33.1. The predicted octanol–water partition coefficient (Wildman–Crippen LogP) is 7.35. The second-order valence-corrected chi connectivity index (χ2v) is 17.1. The van der Waals surface area contributed by atoms with Crippen LogP contribution in [0, 0.1) is 47.3 Å². The van der Waals surface area contributed by atoms with Gasteiger partial charge in [0, 0.05) is 31.1 Å². The van der Waals surface area contributed by atoms with E-state index in [0.717, 1.165) is 56.3 Å². The number of hydrazone groups is 1. The molecule has 0 aromatic heterocycles. The van der Waals surface area contributed by atoms with Gasteiger partial charge in [-0.1, -0.05) is 45.9 Å². The average molecular weight is 667 g/mol. The van der Waals surface area contributed by atoms with Gasteiger partial charge in [-0.2, -0.15) is 5.10 Å². The first kappa shape index (κ1) is 32.3. The van der Waals surface area contributed by atoms with E-state index in [1.807, 2.05) is 44.2 Å². The van der Waals surface area contributed by atoms with Crippen molar-refractivity contribution in [2.75, 3.05) is 5.43 Å². The molecule has 8 heterocycles. The maximum atomic E-state index is 7.14. The van der Waals surface area contributed by atoms with Gasteiger partial charge in [0.1, 0.15) is 6.10 Å². The number of rotatable bonds is 5. The Morgan fingerprint density at radius 1 is 0.688 bits per heavy atom. The van der Waals surface area contributed by atoms with Crippen LogP contribution >= 0.6 is 0 Å². The van der Waals surface area contributed by atoms with Crippen LogP contribution in [0.4, 0.5) is 5.69 Å². The van der Waals surface area contributed by atoms with Crippen LogP contribution in [0.3, 0.4) is 0 Å². The van der Waals surface area contributed by atoms with Crippen LogP contribution in [0.2, 0.25) is 0 Å². The maximum Gasteiger partial charge on any atom is 0.201 e. The summed E-state index contributed by atoms with van der Waals surface area (Å²) >= 11 is 0. The number of nitrogens with one attached hydrogen (secondary N) is 1. The van der Waals surface area contributed by atoms with Gasteiger partial charge < -0.3 is 18.9 Å². The number of para-hydroxylation sites is 1. The summed E-state index contributed by atoms with van der Waals surface area (Å²) in [4.78, 5) is 25.1. The third-order valence-electron chi connectivity index (χ3n) is 14.3. The fourth-order valence-corrected chi connectivity index (χ4v) is 11.6. The minimum atomic E-state index is -0.833. The molecular weight excluding hydrogens is 612 g/mol. The monoisotopic (exact) mass is 666 g/mol. The summed E-state index contributed by atoms with van der Waals surface area (Å²) in [6.45, 7) is 13.3. The average Bonchev–Trinajstić information content (AvgIpc) is 3.45. The van der Waals surface area contributed by atoms with Crippen LogP contribution in [0.15, 0.2) is 35.4 Å². The molecule has 0 radical (unpaired) electrons. The highest BCUT2D eigenvalue weighted by atomic mass is 17.3. The van der Waals surface area contributed by atoms with E-state index >= 15 is 0 Å². The Kier molecular flexibility index (Phi) is 7.69. The highest BCUT2D eigenvalue weighted by Crippen LogP contribution is 2.63. The molecule has 16 atom stereocenters. The van der Waals surface area contributed by atoms with Crippen molar-refractivity contribution < 1.29 is 38.5 Å². The van der Waals surface area contributed by atoms with E-state index in [-0.39, 0.29) is 35.9 Å². The summed E-state index contributed by atoms with van der Waals surface area (Å²) in [6.07, 6.45) is 7.14. The molecule has 48 heavy (non-hydrogen) atoms. The lowest BCUT2D eigenvalue weighted by Gasteiger charge is -2.61. The normalized spacial score (nSPS) is 54.1. The van der Waals surface area contributed by atoms with Crippen LogP contribution in [0.1, 0.15) is 99.3 Å². The molecule has 2 unspecified atom stereocenters. The summed E-state index contributed by atoms with van der Waals surface area (Å²) < 4.78 is 27.7. The highest BCUT2D eigenvalue weighted by molar-refractivity contribution is 5.90. The summed E-state index contributed by atoms with van der Waals surface area (Å²) in [7, 11) is 0. The zero-order valence-corrected chi connectivity index (χ0v) is 29.4. The van der Waals surface area contributed by atoms with Crippen LogP contribution in [-0.2, 0) is 38.5 Å². The minimum absolute atomic E-state index is 0.119. The van der Waals surface area contributed by atoms with Crippen LogP contribution < -0.4 is 5.43 Å². The number of nitrogens with zero attached hydrogens (tertiary/aromatic N) is 1. The quantitative estimate of drug-likeness (QED) is 0.197. The number of benzene rings is 1. The van der Waals surface area contributed by atoms with E-state index in [9.17, 15) is 0 Å². The van der Waals surface area contributed by atoms with Gasteiger partial charge in [-0.3, -0.25) is 5.43 Å². The lowest BCUT2D eigenvalue weighted by molar-refractivity contribution is -0.571. The molecule has 10 aliphatic rings. The van der Waals surface area contributed by atoms with Gasteiger partial charge >= 0.3 is 0 Å². The van der Waals surface area contributed by atoms with Gasteiger partial charge in [-0.05, 0) is 100 Å². The molecule has 0 amide bonds. The van der Waals surface area contributed by atoms with Crippen molar-refractivity contribution in [3.05, 3.63) is 30.3 Å². The molecule has 8 saturated heterocycles. The molecule has 10 nitrogen and oxygen atoms in total. The lowest BCUT2D eigenvalue weighted by atomic mass is 9.56. The Bertz CT molecular complexity index is 1410. The van der Waals surface area contributed by atoms with E-state index < -0.39 is 35.4 Å². The topological polar surface area (TPSA) is 98.2 Å². The Hall–Kier alpha value is -1.63. The van der Waals surface area contributed by atoms with E-state index in [4.69, 9.17) is 43.6 Å². The Morgan fingerprint density at radius 3 is 1.85 bits per heavy atom. The molecule has 264 valence electrons. The van der Waals surface area contributed by atoms with E-state index in [0.29, 0.717) is 30.1 Å². The number of ether oxygens (including phenoxy) is 4. The molecule has 2 spiro atoms. The van der Waals surface area contributed by atoms with Gasteiger partial charge in [-0.15, -0.1) is 0 Å². The van der Waals surface area contributed by atoms with Gasteiger partial charge in [0.25, 0.3) is 0 Å². The minimum Gasteiger partial charge on any atom is -0.345 e. The summed E-state index contributed by atoms with van der Waals surface area (Å²) in [5, 5.41) is 5.17. The largest absolute Gasteiger partial charge is 0.345 e. The van der Waals surface area contributed by atoms with Gasteiger partial charge in [-0.25, -0.2) is 19.6 Å². The maximum absolute atomic E-state index is 7.14. The molecule has 1 aromatic carbocycles. The molecule has 11 rings (SSSR count). The van der Waals surface area contributed by atoms with Crippen LogP contribution in [0.5, 0.6) is 0 Å². The number of anilines is 1. The lowest BCUT2D eigenvalue weighted by Crippen LogP contribution is -2.71. The van der Waals surface area contributed by atoms with Crippen molar-refractivity contribution in [2.45, 2.75) is 147 Å². The molecule has 1 N–H and O–H groups in total. The van der Waals surface area contributed by atoms with Crippen molar-refractivity contribution in [3.8, 4) is 0 Å². The molecular formula is C38H54N2O8. The molecule has 8 aliphatic heterocycles. The fraction of sp³-hybridized carbons (Fsp3) is 0.816. The van der Waals surface area contributed by atoms with Gasteiger partial charge in [0.05, 0.1) is 17.5 Å². The third-order valence-corrected chi connectivity index (χ3v) is 14.3. The Balaban J connectivity index is 1.07. The Labute approximate surface area is 284 Å². The summed E-state index contributed by atoms with van der Waals surface area (Å²) in [5.41, 5.74) is 4.02. The van der Waals surface area contributed by atoms with Gasteiger partial charge in [0.2, 0.25) is 11.6 Å². The third kappa shape index (κ3) is 4.69. The van der Waals surface area contributed by atoms with Crippen LogP contribution in [-0.4, -0.2) is 53.3 Å². The zero-order valence-electron chi connectivity index (χ0n) is 29.4. The summed E-state index contributed by atoms with van der Waals surface area (Å²) in [6, 6.07) is 10.1. The van der Waals surface area contributed by atoms with Crippen molar-refractivity contribution in [2.24, 2.45) is 52.4 Å². The summed E-state index contributed by atoms with van der Waals surface area (Å²) in [5.74, 6) is 0.769. The van der Waals surface area contributed by atoms with Crippen LogP contribution in [0.25, 0.3) is 0 Å². The number of hydrogen-bond acceptors (Lipinski definition) is 10. The molecule has 4 bridgehead atoms. The van der Waals surface area contributed by atoms with Crippen molar-refractivity contribution in [1.82, 2.24) is 0 Å². The first-order chi connectivity index (χ1) is 23.1. The number of fused-ring (bicyclic) bond motifs is 4. The SMILES string of the molecule is C[C@H]1[C@@H](/C(C[C@H]2O[C@@H]3O[C@]4(C)CC[C@H]5[C@H](C)CC[C@@H]([C@H]2C)C35OO4)=N\Nc2ccccc2)O[C@@H]2O[C@]3(C)CC[C@H]4[C@H](C)CC[C@@H]1C24OO3. The highest BCUT2D eigenvalue weighted by Gasteiger charge is 2.71.